The molecule has 0 saturated carbocycles. The SMILES string of the molecule is C[C@@H](N[C@@H]1CCCc2c1[nH]c1ccc(-c3cccnc3)cc21)c1ccccc1. The first-order valence-corrected chi connectivity index (χ1v) is 10.2. The zero-order valence-corrected chi connectivity index (χ0v) is 16.2. The summed E-state index contributed by atoms with van der Waals surface area (Å²) in [5.74, 6) is 0. The van der Waals surface area contributed by atoms with E-state index in [9.17, 15) is 0 Å². The average Bonchev–Trinajstić information content (AvgIpc) is 3.14. The van der Waals surface area contributed by atoms with Crippen LogP contribution in [0, 0.1) is 0 Å². The molecule has 0 bridgehead atoms. The zero-order valence-electron chi connectivity index (χ0n) is 16.2. The number of rotatable bonds is 4. The van der Waals surface area contributed by atoms with Gasteiger partial charge in [-0.2, -0.15) is 0 Å². The number of aryl methyl sites for hydroxylation is 1. The molecule has 0 amide bonds. The molecule has 5 rings (SSSR count). The molecule has 0 fully saturated rings. The minimum Gasteiger partial charge on any atom is -0.357 e. The van der Waals surface area contributed by atoms with Crippen LogP contribution >= 0.6 is 0 Å². The summed E-state index contributed by atoms with van der Waals surface area (Å²) in [6, 6.07) is 22.3. The lowest BCUT2D eigenvalue weighted by Crippen LogP contribution is -2.27. The summed E-state index contributed by atoms with van der Waals surface area (Å²) >= 11 is 0. The summed E-state index contributed by atoms with van der Waals surface area (Å²) in [7, 11) is 0. The van der Waals surface area contributed by atoms with Gasteiger partial charge in [0.15, 0.2) is 0 Å². The fourth-order valence-electron chi connectivity index (χ4n) is 4.48. The third-order valence-corrected chi connectivity index (χ3v) is 5.95. The number of fused-ring (bicyclic) bond motifs is 3. The highest BCUT2D eigenvalue weighted by atomic mass is 15.0. The molecular formula is C25H25N3. The topological polar surface area (TPSA) is 40.7 Å². The number of nitrogens with zero attached hydrogens (tertiary/aromatic N) is 1. The molecule has 2 heterocycles. The minimum atomic E-state index is 0.328. The van der Waals surface area contributed by atoms with Crippen molar-refractivity contribution in [2.45, 2.75) is 38.3 Å². The molecule has 0 radical (unpaired) electrons. The highest BCUT2D eigenvalue weighted by Gasteiger charge is 2.25. The highest BCUT2D eigenvalue weighted by molar-refractivity contribution is 5.89. The average molecular weight is 367 g/mol. The second-order valence-electron chi connectivity index (χ2n) is 7.76. The van der Waals surface area contributed by atoms with E-state index in [2.05, 4.69) is 76.8 Å². The number of hydrogen-bond donors (Lipinski definition) is 2. The third kappa shape index (κ3) is 3.12. The van der Waals surface area contributed by atoms with E-state index in [1.54, 1.807) is 0 Å². The first-order valence-electron chi connectivity index (χ1n) is 10.2. The van der Waals surface area contributed by atoms with Crippen LogP contribution in [0.2, 0.25) is 0 Å². The molecule has 2 aromatic heterocycles. The van der Waals surface area contributed by atoms with Crippen LogP contribution in [0.3, 0.4) is 0 Å². The van der Waals surface area contributed by atoms with Gasteiger partial charge >= 0.3 is 0 Å². The second kappa shape index (κ2) is 7.25. The van der Waals surface area contributed by atoms with Gasteiger partial charge in [0, 0.05) is 46.6 Å². The molecule has 4 aromatic rings. The first kappa shape index (κ1) is 17.2. The van der Waals surface area contributed by atoms with E-state index in [4.69, 9.17) is 0 Å². The molecular weight excluding hydrogens is 342 g/mol. The van der Waals surface area contributed by atoms with E-state index in [0.29, 0.717) is 12.1 Å². The van der Waals surface area contributed by atoms with Gasteiger partial charge in [0.1, 0.15) is 0 Å². The standard InChI is InChI=1S/C25H25N3/c1-17(18-7-3-2-4-8-18)27-24-11-5-10-21-22-15-19(20-9-6-14-26-16-20)12-13-23(22)28-25(21)24/h2-4,6-9,12-17,24,27-28H,5,10-11H2,1H3/t17-,24-/m1/s1. The van der Waals surface area contributed by atoms with Crippen molar-refractivity contribution < 1.29 is 0 Å². The molecule has 0 unspecified atom stereocenters. The highest BCUT2D eigenvalue weighted by Crippen LogP contribution is 2.37. The normalized spacial score (nSPS) is 17.4. The van der Waals surface area contributed by atoms with Crippen molar-refractivity contribution in [3.8, 4) is 11.1 Å². The number of aromatic amines is 1. The van der Waals surface area contributed by atoms with Crippen LogP contribution in [0.25, 0.3) is 22.0 Å². The predicted molar refractivity (Wildman–Crippen MR) is 115 cm³/mol. The van der Waals surface area contributed by atoms with Gasteiger partial charge in [-0.25, -0.2) is 0 Å². The van der Waals surface area contributed by atoms with Crippen LogP contribution in [0.1, 0.15) is 48.7 Å². The van der Waals surface area contributed by atoms with Crippen molar-refractivity contribution in [1.29, 1.82) is 0 Å². The molecule has 3 heteroatoms. The van der Waals surface area contributed by atoms with E-state index in [1.807, 2.05) is 18.5 Å². The summed E-state index contributed by atoms with van der Waals surface area (Å²) in [4.78, 5) is 8.00. The van der Waals surface area contributed by atoms with Gasteiger partial charge in [-0.3, -0.25) is 4.98 Å². The molecule has 0 saturated heterocycles. The Morgan fingerprint density at radius 1 is 1.04 bits per heavy atom. The van der Waals surface area contributed by atoms with Gasteiger partial charge in [-0.15, -0.1) is 0 Å². The molecule has 0 aliphatic heterocycles. The first-order chi connectivity index (χ1) is 13.8. The lowest BCUT2D eigenvalue weighted by molar-refractivity contribution is 0.410. The Morgan fingerprint density at radius 2 is 1.93 bits per heavy atom. The van der Waals surface area contributed by atoms with E-state index in [-0.39, 0.29) is 0 Å². The van der Waals surface area contributed by atoms with Crippen LogP contribution in [0.15, 0.2) is 73.1 Å². The Hall–Kier alpha value is -2.91. The summed E-state index contributed by atoms with van der Waals surface area (Å²) in [5.41, 5.74) is 7.82. The molecule has 28 heavy (non-hydrogen) atoms. The van der Waals surface area contributed by atoms with Crippen LogP contribution in [0.5, 0.6) is 0 Å². The molecule has 2 N–H and O–H groups in total. The quantitative estimate of drug-likeness (QED) is 0.467. The largest absolute Gasteiger partial charge is 0.357 e. The van der Waals surface area contributed by atoms with E-state index in [1.165, 1.54) is 51.7 Å². The maximum Gasteiger partial charge on any atom is 0.0480 e. The van der Waals surface area contributed by atoms with Crippen molar-refractivity contribution in [2.24, 2.45) is 0 Å². The molecule has 1 aliphatic rings. The smallest absolute Gasteiger partial charge is 0.0480 e. The van der Waals surface area contributed by atoms with Crippen molar-refractivity contribution in [3.63, 3.8) is 0 Å². The number of aromatic nitrogens is 2. The fraction of sp³-hybridized carbons (Fsp3) is 0.240. The summed E-state index contributed by atoms with van der Waals surface area (Å²) in [6.07, 6.45) is 7.29. The Balaban J connectivity index is 1.49. The number of benzene rings is 2. The van der Waals surface area contributed by atoms with Gasteiger partial charge < -0.3 is 10.3 Å². The van der Waals surface area contributed by atoms with Gasteiger partial charge in [-0.1, -0.05) is 42.5 Å². The number of hydrogen-bond acceptors (Lipinski definition) is 2. The third-order valence-electron chi connectivity index (χ3n) is 5.95. The second-order valence-corrected chi connectivity index (χ2v) is 7.76. The van der Waals surface area contributed by atoms with Crippen molar-refractivity contribution in [1.82, 2.24) is 15.3 Å². The van der Waals surface area contributed by atoms with Crippen molar-refractivity contribution >= 4 is 10.9 Å². The van der Waals surface area contributed by atoms with Gasteiger partial charge in [0.25, 0.3) is 0 Å². The summed E-state index contributed by atoms with van der Waals surface area (Å²) in [5, 5.41) is 5.21. The minimum absolute atomic E-state index is 0.328. The number of nitrogens with one attached hydrogen (secondary N) is 2. The fourth-order valence-corrected chi connectivity index (χ4v) is 4.48. The van der Waals surface area contributed by atoms with Gasteiger partial charge in [0.2, 0.25) is 0 Å². The Morgan fingerprint density at radius 3 is 2.75 bits per heavy atom. The maximum atomic E-state index is 4.27. The Kier molecular flexibility index (Phi) is 4.46. The summed E-state index contributed by atoms with van der Waals surface area (Å²) < 4.78 is 0. The Labute approximate surface area is 165 Å². The zero-order chi connectivity index (χ0) is 18.9. The van der Waals surface area contributed by atoms with E-state index >= 15 is 0 Å². The lowest BCUT2D eigenvalue weighted by Gasteiger charge is -2.27. The van der Waals surface area contributed by atoms with Crippen LogP contribution < -0.4 is 5.32 Å². The van der Waals surface area contributed by atoms with Crippen molar-refractivity contribution in [2.75, 3.05) is 0 Å². The molecule has 1 aliphatic carbocycles. The Bertz CT molecular complexity index is 1080. The van der Waals surface area contributed by atoms with Gasteiger partial charge in [0.05, 0.1) is 0 Å². The molecule has 0 spiro atoms. The van der Waals surface area contributed by atoms with Crippen molar-refractivity contribution in [3.05, 3.63) is 89.9 Å². The number of H-pyrrole nitrogens is 1. The van der Waals surface area contributed by atoms with E-state index < -0.39 is 0 Å². The molecule has 2 atom stereocenters. The predicted octanol–water partition coefficient (Wildman–Crippen LogP) is 5.96. The van der Waals surface area contributed by atoms with Crippen LogP contribution in [0.4, 0.5) is 0 Å². The monoisotopic (exact) mass is 367 g/mol. The lowest BCUT2D eigenvalue weighted by atomic mass is 9.90. The van der Waals surface area contributed by atoms with Crippen LogP contribution in [-0.2, 0) is 6.42 Å². The molecule has 3 nitrogen and oxygen atoms in total. The molecule has 2 aromatic carbocycles. The maximum absolute atomic E-state index is 4.27. The number of pyridine rings is 1. The van der Waals surface area contributed by atoms with Crippen LogP contribution in [-0.4, -0.2) is 9.97 Å². The molecule has 140 valence electrons. The van der Waals surface area contributed by atoms with E-state index in [0.717, 1.165) is 6.42 Å². The van der Waals surface area contributed by atoms with Gasteiger partial charge in [-0.05, 0) is 61.1 Å². The summed E-state index contributed by atoms with van der Waals surface area (Å²) in [6.45, 7) is 2.26.